The second-order valence-electron chi connectivity index (χ2n) is 3.58. The number of carbonyl (C=O) groups excluding carboxylic acids is 1. The molecule has 0 bridgehead atoms. The summed E-state index contributed by atoms with van der Waals surface area (Å²) in [5.41, 5.74) is 7.84. The quantitative estimate of drug-likeness (QED) is 0.805. The van der Waals surface area contributed by atoms with Crippen LogP contribution in [-0.2, 0) is 0 Å². The Morgan fingerprint density at radius 2 is 2.12 bits per heavy atom. The van der Waals surface area contributed by atoms with E-state index in [0.29, 0.717) is 11.4 Å². The number of halogens is 1. The Morgan fingerprint density at radius 1 is 1.35 bits per heavy atom. The second kappa shape index (κ2) is 4.51. The van der Waals surface area contributed by atoms with E-state index in [1.807, 2.05) is 6.92 Å². The van der Waals surface area contributed by atoms with Crippen molar-refractivity contribution in [1.29, 1.82) is 0 Å². The lowest BCUT2D eigenvalue weighted by molar-refractivity contribution is 0.0996. The van der Waals surface area contributed by atoms with Crippen molar-refractivity contribution in [3.63, 3.8) is 0 Å². The Balaban J connectivity index is 2.21. The molecule has 0 spiro atoms. The van der Waals surface area contributed by atoms with E-state index in [1.165, 1.54) is 12.1 Å². The fourth-order valence-corrected chi connectivity index (χ4v) is 1.56. The minimum Gasteiger partial charge on any atom is -0.440 e. The lowest BCUT2D eigenvalue weighted by atomic mass is 10.1. The molecular weight excluding hydrogens is 240 g/mol. The molecule has 2 rings (SSSR count). The summed E-state index contributed by atoms with van der Waals surface area (Å²) in [5, 5.41) is 2.89. The van der Waals surface area contributed by atoms with Gasteiger partial charge in [0.2, 0.25) is 0 Å². The third-order valence-electron chi connectivity index (χ3n) is 2.42. The summed E-state index contributed by atoms with van der Waals surface area (Å²) in [6.45, 7) is 1.83. The van der Waals surface area contributed by atoms with Gasteiger partial charge in [-0.25, -0.2) is 0 Å². The first-order chi connectivity index (χ1) is 8.08. The number of nitrogens with one attached hydrogen (secondary N) is 1. The predicted octanol–water partition coefficient (Wildman–Crippen LogP) is 3.08. The molecule has 0 unspecified atom stereocenters. The molecule has 0 saturated heterocycles. The van der Waals surface area contributed by atoms with Gasteiger partial charge in [0.05, 0.1) is 0 Å². The summed E-state index contributed by atoms with van der Waals surface area (Å²) >= 11 is 5.60. The van der Waals surface area contributed by atoms with E-state index < -0.39 is 0 Å². The van der Waals surface area contributed by atoms with Crippen LogP contribution in [0.2, 0.25) is 5.22 Å². The number of hydrogen-bond acceptors (Lipinski definition) is 3. The van der Waals surface area contributed by atoms with Crippen molar-refractivity contribution in [2.75, 3.05) is 11.1 Å². The lowest BCUT2D eigenvalue weighted by Crippen LogP contribution is -2.12. The molecule has 0 fully saturated rings. The first kappa shape index (κ1) is 11.5. The zero-order valence-corrected chi connectivity index (χ0v) is 9.91. The number of amides is 1. The van der Waals surface area contributed by atoms with Crippen molar-refractivity contribution in [3.05, 3.63) is 46.9 Å². The Labute approximate surface area is 103 Å². The largest absolute Gasteiger partial charge is 0.440 e. The summed E-state index contributed by atoms with van der Waals surface area (Å²) in [4.78, 5) is 11.8. The van der Waals surface area contributed by atoms with Crippen LogP contribution in [-0.4, -0.2) is 5.91 Å². The number of furan rings is 1. The number of anilines is 2. The second-order valence-corrected chi connectivity index (χ2v) is 3.95. The van der Waals surface area contributed by atoms with Crippen LogP contribution in [0.3, 0.4) is 0 Å². The Bertz CT molecular complexity index is 563. The standard InChI is InChI=1S/C12H11ClN2O2/c1-7-8(14)3-2-4-9(7)15-12(16)10-5-6-11(13)17-10/h2-6H,14H2,1H3,(H,15,16). The van der Waals surface area contributed by atoms with Crippen molar-refractivity contribution < 1.29 is 9.21 Å². The smallest absolute Gasteiger partial charge is 0.291 e. The highest BCUT2D eigenvalue weighted by Crippen LogP contribution is 2.22. The van der Waals surface area contributed by atoms with E-state index in [4.69, 9.17) is 21.8 Å². The normalized spacial score (nSPS) is 10.2. The van der Waals surface area contributed by atoms with Crippen molar-refractivity contribution >= 4 is 28.9 Å². The molecular formula is C12H11ClN2O2. The highest BCUT2D eigenvalue weighted by atomic mass is 35.5. The zero-order chi connectivity index (χ0) is 12.4. The summed E-state index contributed by atoms with van der Waals surface area (Å²) in [6.07, 6.45) is 0. The topological polar surface area (TPSA) is 68.3 Å². The van der Waals surface area contributed by atoms with Crippen LogP contribution in [0.1, 0.15) is 16.1 Å². The minimum absolute atomic E-state index is 0.164. The van der Waals surface area contributed by atoms with Gasteiger partial charge in [0, 0.05) is 11.4 Å². The van der Waals surface area contributed by atoms with Crippen LogP contribution in [0.25, 0.3) is 0 Å². The third kappa shape index (κ3) is 2.42. The number of hydrogen-bond donors (Lipinski definition) is 2. The van der Waals surface area contributed by atoms with E-state index in [-0.39, 0.29) is 16.9 Å². The molecule has 0 aliphatic rings. The average Bonchev–Trinajstić information content (AvgIpc) is 2.72. The van der Waals surface area contributed by atoms with Gasteiger partial charge in [-0.3, -0.25) is 4.79 Å². The van der Waals surface area contributed by atoms with Gasteiger partial charge in [0.25, 0.3) is 5.91 Å². The fourth-order valence-electron chi connectivity index (χ4n) is 1.41. The molecule has 3 N–H and O–H groups in total. The summed E-state index contributed by atoms with van der Waals surface area (Å²) in [7, 11) is 0. The fraction of sp³-hybridized carbons (Fsp3) is 0.0833. The molecule has 0 saturated carbocycles. The van der Waals surface area contributed by atoms with Crippen LogP contribution >= 0.6 is 11.6 Å². The van der Waals surface area contributed by atoms with Crippen LogP contribution in [0.4, 0.5) is 11.4 Å². The van der Waals surface area contributed by atoms with Gasteiger partial charge in [0.1, 0.15) is 0 Å². The van der Waals surface area contributed by atoms with Crippen molar-refractivity contribution in [3.8, 4) is 0 Å². The van der Waals surface area contributed by atoms with Crippen molar-refractivity contribution in [1.82, 2.24) is 0 Å². The maximum absolute atomic E-state index is 11.8. The SMILES string of the molecule is Cc1c(N)cccc1NC(=O)c1ccc(Cl)o1. The molecule has 5 heteroatoms. The van der Waals surface area contributed by atoms with Gasteiger partial charge >= 0.3 is 0 Å². The van der Waals surface area contributed by atoms with E-state index in [1.54, 1.807) is 18.2 Å². The van der Waals surface area contributed by atoms with Gasteiger partial charge in [0.15, 0.2) is 11.0 Å². The average molecular weight is 251 g/mol. The molecule has 1 heterocycles. The molecule has 0 aliphatic heterocycles. The molecule has 0 atom stereocenters. The maximum atomic E-state index is 11.8. The first-order valence-electron chi connectivity index (χ1n) is 4.99. The lowest BCUT2D eigenvalue weighted by Gasteiger charge is -2.08. The maximum Gasteiger partial charge on any atom is 0.291 e. The van der Waals surface area contributed by atoms with Crippen LogP contribution in [0.5, 0.6) is 0 Å². The van der Waals surface area contributed by atoms with Gasteiger partial charge in [-0.05, 0) is 48.4 Å². The van der Waals surface area contributed by atoms with Gasteiger partial charge < -0.3 is 15.5 Å². The summed E-state index contributed by atoms with van der Waals surface area (Å²) in [5.74, 6) is -0.192. The monoisotopic (exact) mass is 250 g/mol. The molecule has 2 aromatic rings. The van der Waals surface area contributed by atoms with Crippen molar-refractivity contribution in [2.45, 2.75) is 6.92 Å². The number of nitrogen functional groups attached to an aromatic ring is 1. The molecule has 1 aromatic carbocycles. The Kier molecular flexibility index (Phi) is 3.06. The zero-order valence-electron chi connectivity index (χ0n) is 9.16. The Morgan fingerprint density at radius 3 is 2.76 bits per heavy atom. The van der Waals surface area contributed by atoms with Crippen LogP contribution in [0.15, 0.2) is 34.7 Å². The summed E-state index contributed by atoms with van der Waals surface area (Å²) in [6, 6.07) is 8.35. The third-order valence-corrected chi connectivity index (χ3v) is 2.62. The minimum atomic E-state index is -0.356. The molecule has 1 aromatic heterocycles. The van der Waals surface area contributed by atoms with E-state index >= 15 is 0 Å². The van der Waals surface area contributed by atoms with Gasteiger partial charge in [-0.2, -0.15) is 0 Å². The molecule has 0 radical (unpaired) electrons. The van der Waals surface area contributed by atoms with E-state index in [9.17, 15) is 4.79 Å². The molecule has 88 valence electrons. The summed E-state index contributed by atoms with van der Waals surface area (Å²) < 4.78 is 5.01. The molecule has 0 aliphatic carbocycles. The molecule has 4 nitrogen and oxygen atoms in total. The molecule has 1 amide bonds. The van der Waals surface area contributed by atoms with E-state index in [2.05, 4.69) is 5.32 Å². The van der Waals surface area contributed by atoms with Gasteiger partial charge in [-0.15, -0.1) is 0 Å². The highest BCUT2D eigenvalue weighted by molar-refractivity contribution is 6.29. The van der Waals surface area contributed by atoms with Crippen molar-refractivity contribution in [2.24, 2.45) is 0 Å². The predicted molar refractivity (Wildman–Crippen MR) is 67.3 cm³/mol. The number of nitrogens with two attached hydrogens (primary N) is 1. The van der Waals surface area contributed by atoms with Crippen LogP contribution in [0, 0.1) is 6.92 Å². The number of rotatable bonds is 2. The number of carbonyl (C=O) groups is 1. The highest BCUT2D eigenvalue weighted by Gasteiger charge is 2.12. The van der Waals surface area contributed by atoms with Gasteiger partial charge in [-0.1, -0.05) is 6.07 Å². The van der Waals surface area contributed by atoms with Crippen LogP contribution < -0.4 is 11.1 Å². The Hall–Kier alpha value is -1.94. The molecule has 17 heavy (non-hydrogen) atoms. The first-order valence-corrected chi connectivity index (χ1v) is 5.37. The number of benzene rings is 1. The van der Waals surface area contributed by atoms with E-state index in [0.717, 1.165) is 5.56 Å².